The van der Waals surface area contributed by atoms with Gasteiger partial charge in [0.05, 0.1) is 5.69 Å². The lowest BCUT2D eigenvalue weighted by Crippen LogP contribution is -2.38. The SMILES string of the molecule is CC1Cn2c(C(=O)c3ccc(Cl)cc3)ccc2C1(C)C(=O)OC(=O)O. The van der Waals surface area contributed by atoms with Crippen LogP contribution in [0.1, 0.15) is 35.6 Å². The highest BCUT2D eigenvalue weighted by Crippen LogP contribution is 2.42. The third kappa shape index (κ3) is 2.72. The van der Waals surface area contributed by atoms with Crippen LogP contribution in [0.2, 0.25) is 5.02 Å². The topological polar surface area (TPSA) is 85.6 Å². The third-order valence-corrected chi connectivity index (χ3v) is 5.15. The highest BCUT2D eigenvalue weighted by atomic mass is 35.5. The number of nitrogens with zero attached hydrogens (tertiary/aromatic N) is 1. The first-order valence-electron chi connectivity index (χ1n) is 7.70. The lowest BCUT2D eigenvalue weighted by molar-refractivity contribution is -0.146. The summed E-state index contributed by atoms with van der Waals surface area (Å²) in [5, 5.41) is 9.28. The number of hydrogen-bond acceptors (Lipinski definition) is 4. The summed E-state index contributed by atoms with van der Waals surface area (Å²) in [6.07, 6.45) is -1.64. The standard InChI is InChI=1S/C18H16ClNO5/c1-10-9-20-13(15(21)11-3-5-12(19)6-4-11)7-8-14(20)18(10,2)16(22)25-17(23)24/h3-8,10H,9H2,1-2H3,(H,23,24). The molecule has 0 saturated heterocycles. The van der Waals surface area contributed by atoms with Crippen LogP contribution in [0.5, 0.6) is 0 Å². The van der Waals surface area contributed by atoms with Gasteiger partial charge >= 0.3 is 12.1 Å². The lowest BCUT2D eigenvalue weighted by atomic mass is 9.78. The molecule has 1 aliphatic rings. The van der Waals surface area contributed by atoms with Gasteiger partial charge in [-0.05, 0) is 49.2 Å². The summed E-state index contributed by atoms with van der Waals surface area (Å²) < 4.78 is 6.15. The second-order valence-electron chi connectivity index (χ2n) is 6.31. The predicted molar refractivity (Wildman–Crippen MR) is 89.9 cm³/mol. The maximum absolute atomic E-state index is 12.8. The number of halogens is 1. The van der Waals surface area contributed by atoms with Crippen molar-refractivity contribution >= 4 is 29.5 Å². The summed E-state index contributed by atoms with van der Waals surface area (Å²) >= 11 is 5.85. The van der Waals surface area contributed by atoms with Crippen LogP contribution >= 0.6 is 11.6 Å². The summed E-state index contributed by atoms with van der Waals surface area (Å²) in [6.45, 7) is 3.88. The van der Waals surface area contributed by atoms with Crippen LogP contribution in [0.15, 0.2) is 36.4 Å². The van der Waals surface area contributed by atoms with Crippen molar-refractivity contribution in [2.45, 2.75) is 25.8 Å². The molecule has 0 saturated carbocycles. The number of esters is 1. The van der Waals surface area contributed by atoms with Gasteiger partial charge in [0, 0.05) is 22.8 Å². The summed E-state index contributed by atoms with van der Waals surface area (Å²) in [6, 6.07) is 9.88. The molecule has 0 amide bonds. The molecular formula is C18H16ClNO5. The molecule has 0 aliphatic carbocycles. The third-order valence-electron chi connectivity index (χ3n) is 4.90. The van der Waals surface area contributed by atoms with Crippen LogP contribution in [0.4, 0.5) is 4.79 Å². The Bertz CT molecular complexity index is 870. The highest BCUT2D eigenvalue weighted by molar-refractivity contribution is 6.30. The van der Waals surface area contributed by atoms with Crippen LogP contribution in [-0.4, -0.2) is 27.6 Å². The van der Waals surface area contributed by atoms with E-state index in [4.69, 9.17) is 16.7 Å². The molecule has 1 aliphatic heterocycles. The molecule has 6 nitrogen and oxygen atoms in total. The molecular weight excluding hydrogens is 346 g/mol. The van der Waals surface area contributed by atoms with Crippen LogP contribution in [0.3, 0.4) is 0 Å². The summed E-state index contributed by atoms with van der Waals surface area (Å²) in [5.41, 5.74) is 0.371. The van der Waals surface area contributed by atoms with Crippen LogP contribution in [0.25, 0.3) is 0 Å². The highest BCUT2D eigenvalue weighted by Gasteiger charge is 2.50. The summed E-state index contributed by atoms with van der Waals surface area (Å²) in [4.78, 5) is 35.8. The largest absolute Gasteiger partial charge is 0.513 e. The van der Waals surface area contributed by atoms with Crippen LogP contribution in [-0.2, 0) is 21.5 Å². The Hall–Kier alpha value is -2.60. The molecule has 25 heavy (non-hydrogen) atoms. The minimum Gasteiger partial charge on any atom is -0.449 e. The zero-order chi connectivity index (χ0) is 18.4. The van der Waals surface area contributed by atoms with Gasteiger partial charge < -0.3 is 14.4 Å². The number of benzene rings is 1. The molecule has 0 spiro atoms. The monoisotopic (exact) mass is 361 g/mol. The van der Waals surface area contributed by atoms with Crippen molar-refractivity contribution in [3.8, 4) is 0 Å². The first kappa shape index (κ1) is 17.2. The second kappa shape index (κ2) is 6.04. The first-order chi connectivity index (χ1) is 11.7. The van der Waals surface area contributed by atoms with E-state index in [9.17, 15) is 14.4 Å². The number of rotatable bonds is 3. The first-order valence-corrected chi connectivity index (χ1v) is 8.08. The molecule has 0 bridgehead atoms. The van der Waals surface area contributed by atoms with E-state index in [0.29, 0.717) is 28.5 Å². The molecule has 1 aromatic heterocycles. The lowest BCUT2D eigenvalue weighted by Gasteiger charge is -2.24. The fourth-order valence-electron chi connectivity index (χ4n) is 3.27. The second-order valence-corrected chi connectivity index (χ2v) is 6.75. The van der Waals surface area contributed by atoms with Crippen molar-refractivity contribution in [1.29, 1.82) is 0 Å². The Morgan fingerprint density at radius 1 is 1.20 bits per heavy atom. The van der Waals surface area contributed by atoms with Gasteiger partial charge in [-0.15, -0.1) is 0 Å². The smallest absolute Gasteiger partial charge is 0.449 e. The number of carbonyl (C=O) groups is 3. The van der Waals surface area contributed by atoms with Gasteiger partial charge in [0.2, 0.25) is 5.78 Å². The molecule has 2 atom stereocenters. The summed E-state index contributed by atoms with van der Waals surface area (Å²) in [7, 11) is 0. The Labute approximate surface area is 149 Å². The number of carbonyl (C=O) groups excluding carboxylic acids is 2. The Kier molecular flexibility index (Phi) is 4.16. The molecule has 0 fully saturated rings. The van der Waals surface area contributed by atoms with Crippen LogP contribution in [0, 0.1) is 5.92 Å². The van der Waals surface area contributed by atoms with E-state index >= 15 is 0 Å². The summed E-state index contributed by atoms with van der Waals surface area (Å²) in [5.74, 6) is -1.24. The zero-order valence-corrected chi connectivity index (χ0v) is 14.4. The number of ether oxygens (including phenoxy) is 1. The van der Waals surface area contributed by atoms with Gasteiger partial charge in [0.1, 0.15) is 5.41 Å². The number of aromatic nitrogens is 1. The Balaban J connectivity index is 2.00. The van der Waals surface area contributed by atoms with E-state index in [0.717, 1.165) is 0 Å². The van der Waals surface area contributed by atoms with Crippen molar-refractivity contribution in [2.24, 2.45) is 5.92 Å². The molecule has 7 heteroatoms. The maximum atomic E-state index is 12.8. The molecule has 2 aromatic rings. The van der Waals surface area contributed by atoms with E-state index in [-0.39, 0.29) is 11.7 Å². The van der Waals surface area contributed by atoms with Gasteiger partial charge in [0.15, 0.2) is 0 Å². The van der Waals surface area contributed by atoms with Gasteiger partial charge in [0.25, 0.3) is 0 Å². The number of ketones is 1. The van der Waals surface area contributed by atoms with E-state index in [1.165, 1.54) is 0 Å². The maximum Gasteiger partial charge on any atom is 0.513 e. The molecule has 2 unspecified atom stereocenters. The van der Waals surface area contributed by atoms with Gasteiger partial charge in [-0.1, -0.05) is 18.5 Å². The van der Waals surface area contributed by atoms with Gasteiger partial charge in [-0.2, -0.15) is 0 Å². The Morgan fingerprint density at radius 2 is 1.84 bits per heavy atom. The number of fused-ring (bicyclic) bond motifs is 1. The van der Waals surface area contributed by atoms with Crippen molar-refractivity contribution in [2.75, 3.05) is 0 Å². The Morgan fingerprint density at radius 3 is 2.44 bits per heavy atom. The fourth-order valence-corrected chi connectivity index (χ4v) is 3.39. The quantitative estimate of drug-likeness (QED) is 0.513. The minimum atomic E-state index is -1.64. The van der Waals surface area contributed by atoms with Gasteiger partial charge in [-0.25, -0.2) is 4.79 Å². The van der Waals surface area contributed by atoms with Crippen LogP contribution < -0.4 is 0 Å². The van der Waals surface area contributed by atoms with Gasteiger partial charge in [-0.3, -0.25) is 9.59 Å². The van der Waals surface area contributed by atoms with E-state index in [2.05, 4.69) is 4.74 Å². The van der Waals surface area contributed by atoms with E-state index in [1.54, 1.807) is 47.9 Å². The van der Waals surface area contributed by atoms with Crippen molar-refractivity contribution in [3.05, 3.63) is 58.4 Å². The molecule has 3 rings (SSSR count). The van der Waals surface area contributed by atoms with E-state index < -0.39 is 17.5 Å². The van der Waals surface area contributed by atoms with Crippen molar-refractivity contribution < 1.29 is 24.2 Å². The number of hydrogen-bond donors (Lipinski definition) is 1. The molecule has 2 heterocycles. The zero-order valence-electron chi connectivity index (χ0n) is 13.7. The fraction of sp³-hybridized carbons (Fsp3) is 0.278. The van der Waals surface area contributed by atoms with Crippen molar-refractivity contribution in [1.82, 2.24) is 4.57 Å². The molecule has 0 radical (unpaired) electrons. The van der Waals surface area contributed by atoms with E-state index in [1.807, 2.05) is 6.92 Å². The average Bonchev–Trinajstić information content (AvgIpc) is 3.07. The molecule has 1 N–H and O–H groups in total. The normalized spacial score (nSPS) is 21.6. The number of carboxylic acid groups (broad SMARTS) is 1. The minimum absolute atomic E-state index is 0.189. The average molecular weight is 362 g/mol. The molecule has 1 aromatic carbocycles. The van der Waals surface area contributed by atoms with Crippen molar-refractivity contribution in [3.63, 3.8) is 0 Å². The predicted octanol–water partition coefficient (Wildman–Crippen LogP) is 3.50. The molecule has 130 valence electrons.